The second kappa shape index (κ2) is 4.91. The predicted molar refractivity (Wildman–Crippen MR) is 68.2 cm³/mol. The van der Waals surface area contributed by atoms with Crippen molar-refractivity contribution in [1.82, 2.24) is 5.32 Å². The van der Waals surface area contributed by atoms with Crippen LogP contribution in [0.2, 0.25) is 0 Å². The van der Waals surface area contributed by atoms with Crippen molar-refractivity contribution in [2.45, 2.75) is 12.1 Å². The lowest BCUT2D eigenvalue weighted by atomic mass is 10.1. The highest BCUT2D eigenvalue weighted by Crippen LogP contribution is 2.12. The molecule has 0 bridgehead atoms. The summed E-state index contributed by atoms with van der Waals surface area (Å²) in [7, 11) is -3.17. The first-order chi connectivity index (χ1) is 8.48. The number of sulfone groups is 1. The lowest BCUT2D eigenvalue weighted by molar-refractivity contribution is -0.122. The van der Waals surface area contributed by atoms with E-state index in [4.69, 9.17) is 5.73 Å². The van der Waals surface area contributed by atoms with Gasteiger partial charge >= 0.3 is 0 Å². The van der Waals surface area contributed by atoms with E-state index < -0.39 is 21.9 Å². The van der Waals surface area contributed by atoms with Gasteiger partial charge in [0.15, 0.2) is 9.84 Å². The lowest BCUT2D eigenvalue weighted by Gasteiger charge is -2.15. The van der Waals surface area contributed by atoms with Crippen LogP contribution in [0.15, 0.2) is 41.8 Å². The van der Waals surface area contributed by atoms with E-state index in [0.29, 0.717) is 5.56 Å². The van der Waals surface area contributed by atoms with Crippen LogP contribution in [0.1, 0.15) is 11.6 Å². The number of benzene rings is 1. The fraction of sp³-hybridized carbons (Fsp3) is 0.250. The van der Waals surface area contributed by atoms with Gasteiger partial charge in [0, 0.05) is 5.41 Å². The van der Waals surface area contributed by atoms with Crippen molar-refractivity contribution >= 4 is 15.7 Å². The first-order valence-electron chi connectivity index (χ1n) is 5.50. The number of carbonyl (C=O) groups is 1. The van der Waals surface area contributed by atoms with Gasteiger partial charge in [-0.2, -0.15) is 0 Å². The highest BCUT2D eigenvalue weighted by atomic mass is 32.2. The third kappa shape index (κ3) is 2.96. The third-order valence-electron chi connectivity index (χ3n) is 2.70. The molecule has 0 fully saturated rings. The maximum absolute atomic E-state index is 11.8. The highest BCUT2D eigenvalue weighted by molar-refractivity contribution is 7.94. The Morgan fingerprint density at radius 2 is 2.00 bits per heavy atom. The zero-order chi connectivity index (χ0) is 13.2. The van der Waals surface area contributed by atoms with E-state index in [1.165, 1.54) is 6.08 Å². The molecule has 96 valence electrons. The summed E-state index contributed by atoms with van der Waals surface area (Å²) in [5, 5.41) is 3.72. The molecule has 0 aromatic heterocycles. The average Bonchev–Trinajstić information content (AvgIpc) is 2.68. The molecule has 1 aromatic rings. The van der Waals surface area contributed by atoms with E-state index in [-0.39, 0.29) is 11.7 Å². The first kappa shape index (κ1) is 12.8. The first-order valence-corrected chi connectivity index (χ1v) is 7.21. The molecule has 0 saturated carbocycles. The van der Waals surface area contributed by atoms with Crippen LogP contribution in [0.4, 0.5) is 0 Å². The van der Waals surface area contributed by atoms with Gasteiger partial charge in [-0.1, -0.05) is 30.3 Å². The number of carbonyl (C=O) groups excluding carboxylic acids is 1. The highest BCUT2D eigenvalue weighted by Gasteiger charge is 2.25. The van der Waals surface area contributed by atoms with Crippen LogP contribution in [0.5, 0.6) is 0 Å². The Labute approximate surface area is 106 Å². The molecule has 0 spiro atoms. The smallest absolute Gasteiger partial charge is 0.242 e. The van der Waals surface area contributed by atoms with E-state index in [2.05, 4.69) is 5.32 Å². The molecule has 3 N–H and O–H groups in total. The Morgan fingerprint density at radius 3 is 2.56 bits per heavy atom. The second-order valence-corrected chi connectivity index (χ2v) is 6.09. The number of rotatable bonds is 3. The average molecular weight is 266 g/mol. The molecule has 5 nitrogen and oxygen atoms in total. The standard InChI is InChI=1S/C12H14N2O3S/c13-11(9-4-2-1-3-5-9)12(15)14-10-6-7-18(16,17)8-10/h1-7,10-11H,8,13H2,(H,14,15)/t10?,11-/m0/s1. The quantitative estimate of drug-likeness (QED) is 0.813. The van der Waals surface area contributed by atoms with Gasteiger partial charge in [0.25, 0.3) is 0 Å². The zero-order valence-electron chi connectivity index (χ0n) is 9.61. The number of nitrogens with two attached hydrogens (primary N) is 1. The summed E-state index contributed by atoms with van der Waals surface area (Å²) in [5.41, 5.74) is 6.49. The summed E-state index contributed by atoms with van der Waals surface area (Å²) in [4.78, 5) is 11.8. The number of hydrogen-bond donors (Lipinski definition) is 2. The molecule has 0 radical (unpaired) electrons. The van der Waals surface area contributed by atoms with Gasteiger partial charge in [-0.3, -0.25) is 4.79 Å². The van der Waals surface area contributed by atoms with Gasteiger partial charge in [-0.05, 0) is 11.6 Å². The molecule has 1 amide bonds. The van der Waals surface area contributed by atoms with Crippen molar-refractivity contribution in [3.8, 4) is 0 Å². The van der Waals surface area contributed by atoms with Crippen molar-refractivity contribution in [1.29, 1.82) is 0 Å². The van der Waals surface area contributed by atoms with Crippen LogP contribution in [0, 0.1) is 0 Å². The van der Waals surface area contributed by atoms with E-state index in [1.54, 1.807) is 24.3 Å². The molecule has 1 aliphatic rings. The minimum atomic E-state index is -3.17. The van der Waals surface area contributed by atoms with Gasteiger partial charge in [0.05, 0.1) is 11.8 Å². The van der Waals surface area contributed by atoms with Gasteiger partial charge in [0.1, 0.15) is 6.04 Å². The topological polar surface area (TPSA) is 89.3 Å². The number of hydrogen-bond acceptors (Lipinski definition) is 4. The van der Waals surface area contributed by atoms with Crippen LogP contribution >= 0.6 is 0 Å². The SMILES string of the molecule is N[C@H](C(=O)NC1C=CS(=O)(=O)C1)c1ccccc1. The number of amides is 1. The van der Waals surface area contributed by atoms with Crippen LogP contribution < -0.4 is 11.1 Å². The monoisotopic (exact) mass is 266 g/mol. The molecule has 1 heterocycles. The van der Waals surface area contributed by atoms with Gasteiger partial charge in [-0.25, -0.2) is 8.42 Å². The largest absolute Gasteiger partial charge is 0.347 e. The summed E-state index contributed by atoms with van der Waals surface area (Å²) >= 11 is 0. The van der Waals surface area contributed by atoms with Crippen LogP contribution in [-0.4, -0.2) is 26.1 Å². The summed E-state index contributed by atoms with van der Waals surface area (Å²) in [6.45, 7) is 0. The van der Waals surface area contributed by atoms with E-state index in [1.807, 2.05) is 6.07 Å². The Bertz CT molecular complexity index is 566. The summed E-state index contributed by atoms with van der Waals surface area (Å²) in [6.07, 6.45) is 1.46. The Morgan fingerprint density at radius 1 is 1.33 bits per heavy atom. The minimum absolute atomic E-state index is 0.0970. The van der Waals surface area contributed by atoms with Gasteiger partial charge in [0.2, 0.25) is 5.91 Å². The van der Waals surface area contributed by atoms with Crippen LogP contribution in [0.3, 0.4) is 0 Å². The van der Waals surface area contributed by atoms with Crippen molar-refractivity contribution in [3.63, 3.8) is 0 Å². The van der Waals surface area contributed by atoms with Gasteiger partial charge < -0.3 is 11.1 Å². The van der Waals surface area contributed by atoms with E-state index in [9.17, 15) is 13.2 Å². The van der Waals surface area contributed by atoms with Crippen molar-refractivity contribution < 1.29 is 13.2 Å². The second-order valence-electron chi connectivity index (χ2n) is 4.16. The molecule has 1 unspecified atom stereocenters. The predicted octanol–water partition coefficient (Wildman–Crippen LogP) is 0.113. The Balaban J connectivity index is 1.99. The van der Waals surface area contributed by atoms with E-state index >= 15 is 0 Å². The molecule has 2 rings (SSSR count). The van der Waals surface area contributed by atoms with Crippen LogP contribution in [-0.2, 0) is 14.6 Å². The van der Waals surface area contributed by atoms with Gasteiger partial charge in [-0.15, -0.1) is 0 Å². The minimum Gasteiger partial charge on any atom is -0.347 e. The number of nitrogens with one attached hydrogen (secondary N) is 1. The van der Waals surface area contributed by atoms with Crippen LogP contribution in [0.25, 0.3) is 0 Å². The normalized spacial score (nSPS) is 22.6. The maximum atomic E-state index is 11.8. The molecule has 0 aliphatic carbocycles. The summed E-state index contributed by atoms with van der Waals surface area (Å²) in [5.74, 6) is -0.479. The zero-order valence-corrected chi connectivity index (χ0v) is 10.4. The Hall–Kier alpha value is -1.66. The summed E-state index contributed by atoms with van der Waals surface area (Å²) < 4.78 is 22.4. The molecule has 1 aromatic carbocycles. The van der Waals surface area contributed by atoms with Crippen molar-refractivity contribution in [2.24, 2.45) is 5.73 Å². The molecule has 2 atom stereocenters. The molecule has 18 heavy (non-hydrogen) atoms. The molecule has 6 heteroatoms. The molecule has 0 saturated heterocycles. The molecule has 1 aliphatic heterocycles. The Kier molecular flexibility index (Phi) is 3.49. The third-order valence-corrected chi connectivity index (χ3v) is 4.09. The van der Waals surface area contributed by atoms with E-state index in [0.717, 1.165) is 5.41 Å². The molecular formula is C12H14N2O3S. The maximum Gasteiger partial charge on any atom is 0.242 e. The van der Waals surface area contributed by atoms with Crippen molar-refractivity contribution in [2.75, 3.05) is 5.75 Å². The summed E-state index contributed by atoms with van der Waals surface area (Å²) in [6, 6.07) is 7.66. The molecular weight excluding hydrogens is 252 g/mol. The fourth-order valence-electron chi connectivity index (χ4n) is 1.75. The van der Waals surface area contributed by atoms with Crippen molar-refractivity contribution in [3.05, 3.63) is 47.4 Å². The fourth-order valence-corrected chi connectivity index (χ4v) is 2.99. The lowest BCUT2D eigenvalue weighted by Crippen LogP contribution is -2.41.